The van der Waals surface area contributed by atoms with Crippen molar-refractivity contribution >= 4 is 5.78 Å². The number of ether oxygens (including phenoxy) is 3. The van der Waals surface area contributed by atoms with Gasteiger partial charge in [-0.3, -0.25) is 4.79 Å². The van der Waals surface area contributed by atoms with Crippen LogP contribution in [0.4, 0.5) is 13.2 Å². The Kier molecular flexibility index (Phi) is 5.33. The van der Waals surface area contributed by atoms with Crippen LogP contribution in [0.1, 0.15) is 25.3 Å². The van der Waals surface area contributed by atoms with E-state index in [1.165, 1.54) is 6.08 Å². The van der Waals surface area contributed by atoms with Crippen molar-refractivity contribution in [1.29, 1.82) is 0 Å². The summed E-state index contributed by atoms with van der Waals surface area (Å²) in [5.41, 5.74) is -1.38. The summed E-state index contributed by atoms with van der Waals surface area (Å²) in [5.74, 6) is -4.46. The summed E-state index contributed by atoms with van der Waals surface area (Å²) in [7, 11) is 1.14. The number of carbonyl (C=O) groups excluding carboxylic acids is 1. The van der Waals surface area contributed by atoms with Gasteiger partial charge in [0.1, 0.15) is 17.2 Å². The van der Waals surface area contributed by atoms with Gasteiger partial charge in [-0.1, -0.05) is 13.0 Å². The number of halogens is 3. The molecule has 146 valence electrons. The molecule has 0 saturated carbocycles. The first-order valence-electron chi connectivity index (χ1n) is 8.68. The molecule has 2 aliphatic rings. The Balaban J connectivity index is 1.95. The number of fused-ring (bicyclic) bond motifs is 1. The molecule has 0 aromatic heterocycles. The predicted octanol–water partition coefficient (Wildman–Crippen LogP) is 4.08. The number of carbonyl (C=O) groups is 1. The van der Waals surface area contributed by atoms with E-state index in [0.29, 0.717) is 18.6 Å². The number of rotatable bonds is 6. The smallest absolute Gasteiger partial charge is 0.201 e. The maximum atomic E-state index is 14.4. The molecule has 0 radical (unpaired) electrons. The number of hydrogen-bond acceptors (Lipinski definition) is 4. The lowest BCUT2D eigenvalue weighted by molar-refractivity contribution is -0.123. The van der Waals surface area contributed by atoms with Gasteiger partial charge in [0.2, 0.25) is 5.82 Å². The molecule has 0 N–H and O–H groups in total. The van der Waals surface area contributed by atoms with E-state index in [0.717, 1.165) is 13.2 Å². The zero-order valence-electron chi connectivity index (χ0n) is 15.2. The van der Waals surface area contributed by atoms with E-state index >= 15 is 0 Å². The number of hydrogen-bond donors (Lipinski definition) is 0. The molecule has 0 spiro atoms. The van der Waals surface area contributed by atoms with Crippen LogP contribution in [0.15, 0.2) is 30.6 Å². The quantitative estimate of drug-likeness (QED) is 0.549. The van der Waals surface area contributed by atoms with E-state index in [2.05, 4.69) is 11.3 Å². The maximum Gasteiger partial charge on any atom is 0.201 e. The van der Waals surface area contributed by atoms with E-state index in [1.807, 2.05) is 0 Å². The Morgan fingerprint density at radius 1 is 1.41 bits per heavy atom. The lowest BCUT2D eigenvalue weighted by Crippen LogP contribution is -2.45. The first kappa shape index (κ1) is 19.5. The second-order valence-corrected chi connectivity index (χ2v) is 6.90. The zero-order valence-corrected chi connectivity index (χ0v) is 15.2. The Morgan fingerprint density at radius 3 is 2.81 bits per heavy atom. The van der Waals surface area contributed by atoms with E-state index in [-0.39, 0.29) is 30.5 Å². The zero-order chi connectivity index (χ0) is 19.8. The molecule has 0 bridgehead atoms. The van der Waals surface area contributed by atoms with Crippen molar-refractivity contribution in [3.8, 4) is 5.75 Å². The highest BCUT2D eigenvalue weighted by molar-refractivity contribution is 5.93. The van der Waals surface area contributed by atoms with Crippen LogP contribution in [0, 0.1) is 29.3 Å². The van der Waals surface area contributed by atoms with Crippen molar-refractivity contribution in [2.75, 3.05) is 13.9 Å². The molecule has 1 unspecified atom stereocenters. The van der Waals surface area contributed by atoms with Gasteiger partial charge in [0.25, 0.3) is 0 Å². The van der Waals surface area contributed by atoms with E-state index in [1.54, 1.807) is 13.0 Å². The van der Waals surface area contributed by atoms with Gasteiger partial charge in [-0.25, -0.2) is 8.78 Å². The van der Waals surface area contributed by atoms with Crippen LogP contribution in [-0.4, -0.2) is 25.3 Å². The SMILES string of the molecule is C=CC[C@H]1C[C@]2(C(C)Cc3c(F)cc(OC)c(F)c3F)OCOC2=CC1=O. The predicted molar refractivity (Wildman–Crippen MR) is 91.5 cm³/mol. The Bertz CT molecular complexity index is 805. The molecule has 7 heteroatoms. The minimum Gasteiger partial charge on any atom is -0.493 e. The van der Waals surface area contributed by atoms with Gasteiger partial charge >= 0.3 is 0 Å². The summed E-state index contributed by atoms with van der Waals surface area (Å²) in [6.45, 7) is 5.35. The van der Waals surface area contributed by atoms with Crippen molar-refractivity contribution in [3.05, 3.63) is 53.6 Å². The van der Waals surface area contributed by atoms with Crippen molar-refractivity contribution in [1.82, 2.24) is 0 Å². The van der Waals surface area contributed by atoms with Gasteiger partial charge in [0.15, 0.2) is 24.1 Å². The number of methoxy groups -OCH3 is 1. The molecule has 1 aromatic rings. The summed E-state index contributed by atoms with van der Waals surface area (Å²) in [5, 5.41) is 0. The van der Waals surface area contributed by atoms with Crippen LogP contribution >= 0.6 is 0 Å². The summed E-state index contributed by atoms with van der Waals surface area (Å²) in [6.07, 6.45) is 3.68. The average Bonchev–Trinajstić information content (AvgIpc) is 3.06. The van der Waals surface area contributed by atoms with Crippen LogP contribution in [-0.2, 0) is 20.7 Å². The average molecular weight is 382 g/mol. The van der Waals surface area contributed by atoms with Crippen LogP contribution in [0.25, 0.3) is 0 Å². The molecule has 0 amide bonds. The highest BCUT2D eigenvalue weighted by Gasteiger charge is 2.52. The third-order valence-corrected chi connectivity index (χ3v) is 5.37. The van der Waals surface area contributed by atoms with Gasteiger partial charge in [-0.15, -0.1) is 6.58 Å². The number of ketones is 1. The molecule has 1 aromatic carbocycles. The largest absolute Gasteiger partial charge is 0.493 e. The maximum absolute atomic E-state index is 14.4. The van der Waals surface area contributed by atoms with Crippen molar-refractivity contribution in [2.45, 2.75) is 31.8 Å². The lowest BCUT2D eigenvalue weighted by atomic mass is 9.71. The summed E-state index contributed by atoms with van der Waals surface area (Å²) in [6, 6.07) is 0.825. The molecule has 3 atom stereocenters. The molecule has 1 saturated heterocycles. The molecule has 3 rings (SSSR count). The second kappa shape index (κ2) is 7.38. The van der Waals surface area contributed by atoms with Crippen LogP contribution in [0.2, 0.25) is 0 Å². The van der Waals surface area contributed by atoms with Gasteiger partial charge in [-0.2, -0.15) is 4.39 Å². The molecular weight excluding hydrogens is 361 g/mol. The third-order valence-electron chi connectivity index (χ3n) is 5.37. The molecule has 1 fully saturated rings. The molecule has 27 heavy (non-hydrogen) atoms. The van der Waals surface area contributed by atoms with E-state index < -0.39 is 34.7 Å². The summed E-state index contributed by atoms with van der Waals surface area (Å²) < 4.78 is 58.7. The number of benzene rings is 1. The normalized spacial score (nSPS) is 25.4. The van der Waals surface area contributed by atoms with Crippen molar-refractivity contribution in [3.63, 3.8) is 0 Å². The minimum absolute atomic E-state index is 0.0494. The Hall–Kier alpha value is -2.28. The molecule has 1 heterocycles. The lowest BCUT2D eigenvalue weighted by Gasteiger charge is -2.38. The molecular formula is C20H21F3O4. The molecule has 1 aliphatic heterocycles. The Labute approximate surface area is 155 Å². The summed E-state index contributed by atoms with van der Waals surface area (Å²) in [4.78, 5) is 12.2. The fourth-order valence-electron chi connectivity index (χ4n) is 3.83. The Morgan fingerprint density at radius 2 is 2.15 bits per heavy atom. The van der Waals surface area contributed by atoms with Gasteiger partial charge in [-0.05, 0) is 25.2 Å². The monoisotopic (exact) mass is 382 g/mol. The van der Waals surface area contributed by atoms with Gasteiger partial charge < -0.3 is 14.2 Å². The van der Waals surface area contributed by atoms with E-state index in [9.17, 15) is 18.0 Å². The second-order valence-electron chi connectivity index (χ2n) is 6.90. The first-order valence-corrected chi connectivity index (χ1v) is 8.68. The van der Waals surface area contributed by atoms with Crippen LogP contribution in [0.3, 0.4) is 0 Å². The highest BCUT2D eigenvalue weighted by Crippen LogP contribution is 2.46. The van der Waals surface area contributed by atoms with Gasteiger partial charge in [0, 0.05) is 23.6 Å². The van der Waals surface area contributed by atoms with Crippen molar-refractivity contribution in [2.24, 2.45) is 11.8 Å². The minimum atomic E-state index is -1.28. The van der Waals surface area contributed by atoms with Crippen molar-refractivity contribution < 1.29 is 32.2 Å². The third kappa shape index (κ3) is 3.25. The fourth-order valence-corrected chi connectivity index (χ4v) is 3.83. The van der Waals surface area contributed by atoms with Crippen LogP contribution in [0.5, 0.6) is 5.75 Å². The fraction of sp³-hybridized carbons (Fsp3) is 0.450. The van der Waals surface area contributed by atoms with Crippen LogP contribution < -0.4 is 4.74 Å². The molecule has 4 nitrogen and oxygen atoms in total. The standard InChI is InChI=1S/C20H21F3O4/c1-4-5-12-9-20(17(8-15(12)24)26-10-27-20)11(2)6-13-14(21)7-16(25-3)19(23)18(13)22/h4,7-8,11-12H,1,5-6,9-10H2,2-3H3/t11?,12-,20+/m0/s1. The van der Waals surface area contributed by atoms with Gasteiger partial charge in [0.05, 0.1) is 7.11 Å². The topological polar surface area (TPSA) is 44.8 Å². The molecule has 1 aliphatic carbocycles. The summed E-state index contributed by atoms with van der Waals surface area (Å²) >= 11 is 0. The highest BCUT2D eigenvalue weighted by atomic mass is 19.2. The first-order chi connectivity index (χ1) is 12.8. The number of allylic oxidation sites excluding steroid dienone is 2. The van der Waals surface area contributed by atoms with E-state index in [4.69, 9.17) is 9.47 Å².